The average molecular weight is 224 g/mol. The Morgan fingerprint density at radius 1 is 1.50 bits per heavy atom. The highest BCUT2D eigenvalue weighted by molar-refractivity contribution is 5.87. The lowest BCUT2D eigenvalue weighted by Gasteiger charge is -2.23. The minimum absolute atomic E-state index is 0.0280. The van der Waals surface area contributed by atoms with Gasteiger partial charge in [0.2, 0.25) is 0 Å². The Labute approximate surface area is 94.1 Å². The summed E-state index contributed by atoms with van der Waals surface area (Å²) in [6.07, 6.45) is 1.32. The van der Waals surface area contributed by atoms with Crippen molar-refractivity contribution in [3.05, 3.63) is 29.6 Å². The number of nitrogens with zero attached hydrogens (tertiary/aromatic N) is 1. The van der Waals surface area contributed by atoms with E-state index in [-0.39, 0.29) is 17.7 Å². The van der Waals surface area contributed by atoms with Gasteiger partial charge in [-0.2, -0.15) is 0 Å². The third kappa shape index (κ3) is 3.60. The van der Waals surface area contributed by atoms with Crippen LogP contribution in [0.4, 0.5) is 0 Å². The average Bonchev–Trinajstić information content (AvgIpc) is 2.27. The molecule has 1 aromatic rings. The third-order valence-electron chi connectivity index (χ3n) is 2.22. The number of carboxylic acid groups (broad SMARTS) is 1. The molecule has 0 atom stereocenters. The number of aliphatic hydroxyl groups is 1. The number of aromatic carboxylic acids is 1. The molecule has 1 heterocycles. The van der Waals surface area contributed by atoms with Crippen molar-refractivity contribution in [1.82, 2.24) is 10.3 Å². The van der Waals surface area contributed by atoms with Crippen LogP contribution in [0.2, 0.25) is 0 Å². The predicted molar refractivity (Wildman–Crippen MR) is 59.2 cm³/mol. The fourth-order valence-corrected chi connectivity index (χ4v) is 1.04. The Hall–Kier alpha value is -1.46. The highest BCUT2D eigenvalue weighted by Gasteiger charge is 2.15. The molecule has 0 aliphatic rings. The lowest BCUT2D eigenvalue weighted by molar-refractivity contribution is 0.0696. The smallest absolute Gasteiger partial charge is 0.337 e. The van der Waals surface area contributed by atoms with E-state index in [1.54, 1.807) is 6.07 Å². The summed E-state index contributed by atoms with van der Waals surface area (Å²) in [5, 5.41) is 20.8. The molecule has 0 aromatic carbocycles. The standard InChI is InChI=1S/C11H16N2O3/c1-11(2,7-14)13-6-9-4-3-8(5-12-9)10(15)16/h3-5,13-14H,6-7H2,1-2H3,(H,15,16). The fourth-order valence-electron chi connectivity index (χ4n) is 1.04. The Morgan fingerprint density at radius 3 is 2.62 bits per heavy atom. The summed E-state index contributed by atoms with van der Waals surface area (Å²) in [6, 6.07) is 3.17. The number of nitrogens with one attached hydrogen (secondary N) is 1. The van der Waals surface area contributed by atoms with Crippen LogP contribution in [0.5, 0.6) is 0 Å². The number of carbonyl (C=O) groups is 1. The maximum atomic E-state index is 10.6. The van der Waals surface area contributed by atoms with Gasteiger partial charge in [-0.15, -0.1) is 0 Å². The maximum absolute atomic E-state index is 10.6. The first kappa shape index (κ1) is 12.6. The molecule has 0 bridgehead atoms. The monoisotopic (exact) mass is 224 g/mol. The number of hydrogen-bond donors (Lipinski definition) is 3. The number of carboxylic acids is 1. The van der Waals surface area contributed by atoms with Crippen molar-refractivity contribution in [3.63, 3.8) is 0 Å². The molecule has 0 saturated carbocycles. The van der Waals surface area contributed by atoms with Crippen molar-refractivity contribution >= 4 is 5.97 Å². The van der Waals surface area contributed by atoms with Crippen LogP contribution in [0.3, 0.4) is 0 Å². The van der Waals surface area contributed by atoms with Gasteiger partial charge in [0.05, 0.1) is 17.9 Å². The SMILES string of the molecule is CC(C)(CO)NCc1ccc(C(=O)O)cn1. The summed E-state index contributed by atoms with van der Waals surface area (Å²) in [7, 11) is 0. The minimum atomic E-state index is -0.984. The highest BCUT2D eigenvalue weighted by atomic mass is 16.4. The van der Waals surface area contributed by atoms with Gasteiger partial charge >= 0.3 is 5.97 Å². The quantitative estimate of drug-likeness (QED) is 0.683. The topological polar surface area (TPSA) is 82.5 Å². The largest absolute Gasteiger partial charge is 0.478 e. The predicted octanol–water partition coefficient (Wildman–Crippen LogP) is 0.640. The van der Waals surface area contributed by atoms with Crippen molar-refractivity contribution in [2.24, 2.45) is 0 Å². The molecule has 1 rings (SSSR count). The third-order valence-corrected chi connectivity index (χ3v) is 2.22. The molecule has 16 heavy (non-hydrogen) atoms. The zero-order valence-electron chi connectivity index (χ0n) is 9.40. The lowest BCUT2D eigenvalue weighted by atomic mass is 10.1. The maximum Gasteiger partial charge on any atom is 0.337 e. The number of pyridine rings is 1. The molecule has 3 N–H and O–H groups in total. The molecule has 0 radical (unpaired) electrons. The summed E-state index contributed by atoms with van der Waals surface area (Å²) in [6.45, 7) is 4.27. The van der Waals surface area contributed by atoms with Crippen molar-refractivity contribution in [2.75, 3.05) is 6.61 Å². The van der Waals surface area contributed by atoms with E-state index in [1.165, 1.54) is 12.3 Å². The first-order chi connectivity index (χ1) is 7.44. The molecular formula is C11H16N2O3. The van der Waals surface area contributed by atoms with E-state index in [2.05, 4.69) is 10.3 Å². The summed E-state index contributed by atoms with van der Waals surface area (Å²) < 4.78 is 0. The molecule has 0 fully saturated rings. The summed E-state index contributed by atoms with van der Waals surface area (Å²) >= 11 is 0. The fraction of sp³-hybridized carbons (Fsp3) is 0.455. The Balaban J connectivity index is 2.59. The van der Waals surface area contributed by atoms with E-state index in [4.69, 9.17) is 10.2 Å². The number of hydrogen-bond acceptors (Lipinski definition) is 4. The van der Waals surface area contributed by atoms with Crippen LogP contribution in [0, 0.1) is 0 Å². The van der Waals surface area contributed by atoms with Crippen LogP contribution < -0.4 is 5.32 Å². The number of aliphatic hydroxyl groups excluding tert-OH is 1. The first-order valence-corrected chi connectivity index (χ1v) is 4.99. The van der Waals surface area contributed by atoms with Crippen LogP contribution in [-0.2, 0) is 6.54 Å². The van der Waals surface area contributed by atoms with Crippen LogP contribution in [0.15, 0.2) is 18.3 Å². The van der Waals surface area contributed by atoms with Gasteiger partial charge in [-0.1, -0.05) is 0 Å². The molecule has 0 aliphatic heterocycles. The van der Waals surface area contributed by atoms with Gasteiger partial charge in [-0.25, -0.2) is 4.79 Å². The lowest BCUT2D eigenvalue weighted by Crippen LogP contribution is -2.42. The Kier molecular flexibility index (Phi) is 3.98. The van der Waals surface area contributed by atoms with E-state index in [1.807, 2.05) is 13.8 Å². The summed E-state index contributed by atoms with van der Waals surface area (Å²) in [4.78, 5) is 14.6. The van der Waals surface area contributed by atoms with Gasteiger partial charge in [0, 0.05) is 18.3 Å². The van der Waals surface area contributed by atoms with Gasteiger partial charge in [0.1, 0.15) is 0 Å². The van der Waals surface area contributed by atoms with Crippen LogP contribution in [0.1, 0.15) is 29.9 Å². The second-order valence-electron chi connectivity index (χ2n) is 4.24. The van der Waals surface area contributed by atoms with Crippen molar-refractivity contribution in [2.45, 2.75) is 25.9 Å². The van der Waals surface area contributed by atoms with Crippen molar-refractivity contribution in [1.29, 1.82) is 0 Å². The Bertz CT molecular complexity index is 360. The number of rotatable bonds is 5. The van der Waals surface area contributed by atoms with Gasteiger partial charge < -0.3 is 15.5 Å². The van der Waals surface area contributed by atoms with Gasteiger partial charge in [-0.05, 0) is 26.0 Å². The van der Waals surface area contributed by atoms with E-state index in [0.29, 0.717) is 6.54 Å². The molecule has 0 aliphatic carbocycles. The van der Waals surface area contributed by atoms with Gasteiger partial charge in [0.25, 0.3) is 0 Å². The molecular weight excluding hydrogens is 208 g/mol. The van der Waals surface area contributed by atoms with E-state index in [9.17, 15) is 4.79 Å². The van der Waals surface area contributed by atoms with Crippen LogP contribution >= 0.6 is 0 Å². The van der Waals surface area contributed by atoms with Crippen molar-refractivity contribution < 1.29 is 15.0 Å². The van der Waals surface area contributed by atoms with Gasteiger partial charge in [-0.3, -0.25) is 4.98 Å². The van der Waals surface area contributed by atoms with E-state index in [0.717, 1.165) is 5.69 Å². The molecule has 0 spiro atoms. The first-order valence-electron chi connectivity index (χ1n) is 4.99. The molecule has 5 nitrogen and oxygen atoms in total. The molecule has 0 saturated heterocycles. The normalized spacial score (nSPS) is 11.4. The summed E-state index contributed by atoms with van der Waals surface area (Å²) in [5.74, 6) is -0.984. The van der Waals surface area contributed by atoms with Gasteiger partial charge in [0.15, 0.2) is 0 Å². The Morgan fingerprint density at radius 2 is 2.19 bits per heavy atom. The summed E-state index contributed by atoms with van der Waals surface area (Å²) in [5.41, 5.74) is 0.546. The van der Waals surface area contributed by atoms with Crippen molar-refractivity contribution in [3.8, 4) is 0 Å². The second kappa shape index (κ2) is 5.05. The van der Waals surface area contributed by atoms with E-state index >= 15 is 0 Å². The molecule has 88 valence electrons. The molecule has 5 heteroatoms. The van der Waals surface area contributed by atoms with Crippen LogP contribution in [0.25, 0.3) is 0 Å². The molecule has 1 aromatic heterocycles. The molecule has 0 unspecified atom stereocenters. The minimum Gasteiger partial charge on any atom is -0.478 e. The zero-order chi connectivity index (χ0) is 12.2. The van der Waals surface area contributed by atoms with E-state index < -0.39 is 5.97 Å². The number of aromatic nitrogens is 1. The highest BCUT2D eigenvalue weighted by Crippen LogP contribution is 2.04. The van der Waals surface area contributed by atoms with Crippen LogP contribution in [-0.4, -0.2) is 33.3 Å². The second-order valence-corrected chi connectivity index (χ2v) is 4.24. The molecule has 0 amide bonds. The zero-order valence-corrected chi connectivity index (χ0v) is 9.40.